The van der Waals surface area contributed by atoms with E-state index in [0.717, 1.165) is 41.5 Å². The van der Waals surface area contributed by atoms with Gasteiger partial charge in [0.15, 0.2) is 0 Å². The zero-order chi connectivity index (χ0) is 14.5. The molecule has 1 unspecified atom stereocenters. The van der Waals surface area contributed by atoms with Gasteiger partial charge in [-0.05, 0) is 19.8 Å². The van der Waals surface area contributed by atoms with Crippen LogP contribution in [-0.4, -0.2) is 15.0 Å². The van der Waals surface area contributed by atoms with E-state index < -0.39 is 0 Å². The number of nitrogen functional groups attached to an aromatic ring is 1. The van der Waals surface area contributed by atoms with Crippen molar-refractivity contribution >= 4 is 23.0 Å². The van der Waals surface area contributed by atoms with Gasteiger partial charge in [-0.25, -0.2) is 15.0 Å². The fourth-order valence-corrected chi connectivity index (χ4v) is 2.74. The molecule has 3 N–H and O–H groups in total. The molecule has 20 heavy (non-hydrogen) atoms. The Morgan fingerprint density at radius 1 is 1.35 bits per heavy atom. The molecule has 1 atom stereocenters. The Morgan fingerprint density at radius 2 is 2.15 bits per heavy atom. The normalized spacial score (nSPS) is 12.3. The number of hydrogen-bond acceptors (Lipinski definition) is 6. The van der Waals surface area contributed by atoms with E-state index in [1.54, 1.807) is 11.3 Å². The van der Waals surface area contributed by atoms with Gasteiger partial charge >= 0.3 is 0 Å². The minimum Gasteiger partial charge on any atom is -0.383 e. The number of thiazole rings is 1. The molecule has 6 heteroatoms. The van der Waals surface area contributed by atoms with Gasteiger partial charge in [0.1, 0.15) is 22.5 Å². The molecule has 0 aromatic carbocycles. The Hall–Kier alpha value is -1.69. The maximum absolute atomic E-state index is 5.98. The minimum absolute atomic E-state index is 0.164. The van der Waals surface area contributed by atoms with Crippen LogP contribution < -0.4 is 11.1 Å². The van der Waals surface area contributed by atoms with Crippen molar-refractivity contribution in [1.82, 2.24) is 15.0 Å². The summed E-state index contributed by atoms with van der Waals surface area (Å²) in [5.74, 6) is 2.18. The zero-order valence-electron chi connectivity index (χ0n) is 12.2. The average Bonchev–Trinajstić information content (AvgIpc) is 2.95. The lowest BCUT2D eigenvalue weighted by atomic mass is 10.2. The first kappa shape index (κ1) is 14.7. The Morgan fingerprint density at radius 3 is 2.75 bits per heavy atom. The van der Waals surface area contributed by atoms with Crippen LogP contribution in [-0.2, 0) is 6.42 Å². The zero-order valence-corrected chi connectivity index (χ0v) is 13.0. The topological polar surface area (TPSA) is 76.7 Å². The van der Waals surface area contributed by atoms with Gasteiger partial charge in [0.2, 0.25) is 0 Å². The van der Waals surface area contributed by atoms with E-state index in [-0.39, 0.29) is 6.04 Å². The molecule has 108 valence electrons. The highest BCUT2D eigenvalue weighted by atomic mass is 32.1. The molecule has 2 aromatic heterocycles. The van der Waals surface area contributed by atoms with Crippen LogP contribution in [0.4, 0.5) is 11.6 Å². The van der Waals surface area contributed by atoms with Gasteiger partial charge in [-0.2, -0.15) is 0 Å². The molecule has 0 aliphatic heterocycles. The molecular formula is C14H21N5S. The van der Waals surface area contributed by atoms with Gasteiger partial charge in [-0.3, -0.25) is 0 Å². The monoisotopic (exact) mass is 291 g/mol. The smallest absolute Gasteiger partial charge is 0.135 e. The van der Waals surface area contributed by atoms with Gasteiger partial charge in [0.05, 0.1) is 6.04 Å². The number of rotatable bonds is 6. The van der Waals surface area contributed by atoms with Crippen molar-refractivity contribution in [3.8, 4) is 0 Å². The number of aromatic nitrogens is 3. The number of aryl methyl sites for hydroxylation is 1. The van der Waals surface area contributed by atoms with Crippen LogP contribution in [0.3, 0.4) is 0 Å². The average molecular weight is 291 g/mol. The molecule has 5 nitrogen and oxygen atoms in total. The SMILES string of the molecule is CCCc1nc(N)c(C)c(NC(CC)c2nccs2)n1. The highest BCUT2D eigenvalue weighted by Gasteiger charge is 2.15. The first-order chi connectivity index (χ1) is 9.65. The van der Waals surface area contributed by atoms with Crippen molar-refractivity contribution in [3.05, 3.63) is 28.0 Å². The maximum Gasteiger partial charge on any atom is 0.135 e. The highest BCUT2D eigenvalue weighted by molar-refractivity contribution is 7.09. The largest absolute Gasteiger partial charge is 0.383 e. The molecule has 0 spiro atoms. The van der Waals surface area contributed by atoms with Crippen molar-refractivity contribution in [2.75, 3.05) is 11.1 Å². The summed E-state index contributed by atoms with van der Waals surface area (Å²) < 4.78 is 0. The summed E-state index contributed by atoms with van der Waals surface area (Å²) in [6.45, 7) is 6.19. The summed E-state index contributed by atoms with van der Waals surface area (Å²) in [6, 6.07) is 0.164. The van der Waals surface area contributed by atoms with Crippen LogP contribution in [0.1, 0.15) is 49.1 Å². The van der Waals surface area contributed by atoms with Crippen LogP contribution in [0, 0.1) is 6.92 Å². The number of hydrogen-bond donors (Lipinski definition) is 2. The molecule has 0 fully saturated rings. The van der Waals surface area contributed by atoms with Gasteiger partial charge in [0, 0.05) is 23.6 Å². The lowest BCUT2D eigenvalue weighted by Crippen LogP contribution is -2.14. The van der Waals surface area contributed by atoms with Gasteiger partial charge in [0.25, 0.3) is 0 Å². The van der Waals surface area contributed by atoms with E-state index in [0.29, 0.717) is 5.82 Å². The molecule has 0 saturated heterocycles. The van der Waals surface area contributed by atoms with Gasteiger partial charge in [-0.15, -0.1) is 11.3 Å². The Balaban J connectivity index is 2.27. The van der Waals surface area contributed by atoms with Crippen molar-refractivity contribution < 1.29 is 0 Å². The number of anilines is 2. The van der Waals surface area contributed by atoms with E-state index >= 15 is 0 Å². The first-order valence-electron chi connectivity index (χ1n) is 6.94. The van der Waals surface area contributed by atoms with E-state index in [1.807, 2.05) is 18.5 Å². The summed E-state index contributed by atoms with van der Waals surface area (Å²) in [6.07, 6.45) is 4.62. The van der Waals surface area contributed by atoms with Gasteiger partial charge in [-0.1, -0.05) is 13.8 Å². The van der Waals surface area contributed by atoms with Crippen molar-refractivity contribution in [2.45, 2.75) is 46.1 Å². The van der Waals surface area contributed by atoms with E-state index in [2.05, 4.69) is 34.1 Å². The molecular weight excluding hydrogens is 270 g/mol. The van der Waals surface area contributed by atoms with E-state index in [1.165, 1.54) is 0 Å². The molecule has 2 aromatic rings. The van der Waals surface area contributed by atoms with Crippen LogP contribution in [0.2, 0.25) is 0 Å². The second-order valence-electron chi connectivity index (χ2n) is 4.72. The Kier molecular flexibility index (Phi) is 4.89. The molecule has 0 amide bonds. The van der Waals surface area contributed by atoms with Gasteiger partial charge < -0.3 is 11.1 Å². The third kappa shape index (κ3) is 3.25. The standard InChI is InChI=1S/C14H21N5S/c1-4-6-11-18-12(15)9(3)13(19-11)17-10(5-2)14-16-7-8-20-14/h7-8,10H,4-6H2,1-3H3,(H3,15,17,18,19). The van der Waals surface area contributed by atoms with Crippen LogP contribution in [0.25, 0.3) is 0 Å². The van der Waals surface area contributed by atoms with E-state index in [9.17, 15) is 0 Å². The minimum atomic E-state index is 0.164. The lowest BCUT2D eigenvalue weighted by molar-refractivity contribution is 0.731. The summed E-state index contributed by atoms with van der Waals surface area (Å²) >= 11 is 1.65. The Labute approximate surface area is 123 Å². The summed E-state index contributed by atoms with van der Waals surface area (Å²) in [5, 5.41) is 6.52. The first-order valence-corrected chi connectivity index (χ1v) is 7.82. The van der Waals surface area contributed by atoms with Crippen molar-refractivity contribution in [2.24, 2.45) is 0 Å². The summed E-state index contributed by atoms with van der Waals surface area (Å²) in [5.41, 5.74) is 6.89. The number of nitrogens with one attached hydrogen (secondary N) is 1. The Bertz CT molecular complexity index is 553. The number of nitrogens with two attached hydrogens (primary N) is 1. The van der Waals surface area contributed by atoms with Crippen molar-refractivity contribution in [3.63, 3.8) is 0 Å². The predicted octanol–water partition coefficient (Wildman–Crippen LogP) is 3.34. The molecule has 0 aliphatic carbocycles. The molecule has 2 rings (SSSR count). The fraction of sp³-hybridized carbons (Fsp3) is 0.500. The predicted molar refractivity (Wildman–Crippen MR) is 83.9 cm³/mol. The van der Waals surface area contributed by atoms with Crippen LogP contribution in [0.5, 0.6) is 0 Å². The van der Waals surface area contributed by atoms with Crippen molar-refractivity contribution in [1.29, 1.82) is 0 Å². The van der Waals surface area contributed by atoms with E-state index in [4.69, 9.17) is 5.73 Å². The third-order valence-electron chi connectivity index (χ3n) is 3.17. The second kappa shape index (κ2) is 6.65. The van der Waals surface area contributed by atoms with Crippen LogP contribution in [0.15, 0.2) is 11.6 Å². The fourth-order valence-electron chi connectivity index (χ4n) is 1.97. The highest BCUT2D eigenvalue weighted by Crippen LogP contribution is 2.26. The summed E-state index contributed by atoms with van der Waals surface area (Å²) in [4.78, 5) is 13.3. The quantitative estimate of drug-likeness (QED) is 0.853. The molecule has 2 heterocycles. The lowest BCUT2D eigenvalue weighted by Gasteiger charge is -2.18. The molecule has 0 bridgehead atoms. The molecule has 0 radical (unpaired) electrons. The third-order valence-corrected chi connectivity index (χ3v) is 4.06. The second-order valence-corrected chi connectivity index (χ2v) is 5.65. The maximum atomic E-state index is 5.98. The van der Waals surface area contributed by atoms with Crippen LogP contribution >= 0.6 is 11.3 Å². The molecule has 0 saturated carbocycles. The number of nitrogens with zero attached hydrogens (tertiary/aromatic N) is 3. The molecule has 0 aliphatic rings. The summed E-state index contributed by atoms with van der Waals surface area (Å²) in [7, 11) is 0.